The maximum absolute atomic E-state index is 12.6. The maximum atomic E-state index is 12.6. The van der Waals surface area contributed by atoms with Crippen LogP contribution in [0.5, 0.6) is 0 Å². The first-order valence-electron chi connectivity index (χ1n) is 9.46. The molecule has 0 spiro atoms. The van der Waals surface area contributed by atoms with E-state index in [1.54, 1.807) is 18.2 Å². The number of nitrogens with one attached hydrogen (secondary N) is 2. The van der Waals surface area contributed by atoms with Crippen molar-refractivity contribution in [2.24, 2.45) is 0 Å². The number of aryl methyl sites for hydroxylation is 1. The Hall–Kier alpha value is -2.74. The SMILES string of the molecule is CN(C)CCCc1c(/C=C2\C(=O)Nc3ccc(S(=O)O)cc32)[nH]c2ccccc12. The van der Waals surface area contributed by atoms with Crippen molar-refractivity contribution >= 4 is 45.2 Å². The standard InChI is InChI=1S/C22H23N3O3S/c1-25(2)11-5-7-16-15-6-3-4-8-19(15)23-21(16)13-18-17-12-14(29(27)28)9-10-20(17)24-22(18)26/h3-4,6,8-10,12-13,23H,5,7,11H2,1-2H3,(H,24,26)(H,27,28)/b18-13-. The predicted octanol–water partition coefficient (Wildman–Crippen LogP) is 3.74. The quantitative estimate of drug-likeness (QED) is 0.428. The summed E-state index contributed by atoms with van der Waals surface area (Å²) in [5, 5.41) is 3.99. The van der Waals surface area contributed by atoms with E-state index in [-0.39, 0.29) is 10.8 Å². The van der Waals surface area contributed by atoms with E-state index in [0.717, 1.165) is 36.0 Å². The molecule has 0 saturated heterocycles. The Bertz CT molecular complexity index is 1150. The Morgan fingerprint density at radius 3 is 2.72 bits per heavy atom. The summed E-state index contributed by atoms with van der Waals surface area (Å²) < 4.78 is 20.9. The number of para-hydroxylation sites is 1. The van der Waals surface area contributed by atoms with Crippen LogP contribution in [0, 0.1) is 0 Å². The van der Waals surface area contributed by atoms with Crippen LogP contribution in [-0.2, 0) is 22.3 Å². The lowest BCUT2D eigenvalue weighted by atomic mass is 10.0. The summed E-state index contributed by atoms with van der Waals surface area (Å²) >= 11 is -2.10. The number of aromatic nitrogens is 1. The van der Waals surface area contributed by atoms with Crippen LogP contribution in [0.25, 0.3) is 22.6 Å². The molecule has 1 atom stereocenters. The molecular formula is C22H23N3O3S. The molecule has 0 fully saturated rings. The molecule has 7 heteroatoms. The van der Waals surface area contributed by atoms with Crippen molar-refractivity contribution in [3.8, 4) is 0 Å². The van der Waals surface area contributed by atoms with Gasteiger partial charge in [0.2, 0.25) is 0 Å². The molecule has 1 amide bonds. The summed E-state index contributed by atoms with van der Waals surface area (Å²) in [5.74, 6) is -0.209. The van der Waals surface area contributed by atoms with Gasteiger partial charge in [-0.2, -0.15) is 0 Å². The molecule has 150 valence electrons. The van der Waals surface area contributed by atoms with Crippen LogP contribution in [0.4, 0.5) is 5.69 Å². The van der Waals surface area contributed by atoms with Crippen molar-refractivity contribution in [2.75, 3.05) is 26.0 Å². The van der Waals surface area contributed by atoms with E-state index in [9.17, 15) is 13.6 Å². The van der Waals surface area contributed by atoms with Crippen LogP contribution in [0.2, 0.25) is 0 Å². The van der Waals surface area contributed by atoms with Gasteiger partial charge < -0.3 is 19.8 Å². The highest BCUT2D eigenvalue weighted by atomic mass is 32.2. The van der Waals surface area contributed by atoms with Crippen molar-refractivity contribution in [3.63, 3.8) is 0 Å². The lowest BCUT2D eigenvalue weighted by Crippen LogP contribution is -2.13. The van der Waals surface area contributed by atoms with Gasteiger partial charge in [0.05, 0.1) is 10.5 Å². The summed E-state index contributed by atoms with van der Waals surface area (Å²) in [6.07, 6.45) is 3.74. The van der Waals surface area contributed by atoms with Gasteiger partial charge in [0.25, 0.3) is 5.91 Å². The molecule has 29 heavy (non-hydrogen) atoms. The molecule has 3 aromatic rings. The van der Waals surface area contributed by atoms with Gasteiger partial charge in [-0.1, -0.05) is 18.2 Å². The summed E-state index contributed by atoms with van der Waals surface area (Å²) in [5.41, 5.74) is 4.90. The molecule has 0 aliphatic carbocycles. The number of fused-ring (bicyclic) bond motifs is 2. The zero-order valence-electron chi connectivity index (χ0n) is 16.4. The Morgan fingerprint density at radius 1 is 1.17 bits per heavy atom. The zero-order chi connectivity index (χ0) is 20.5. The average Bonchev–Trinajstić information content (AvgIpc) is 3.19. The van der Waals surface area contributed by atoms with E-state index in [0.29, 0.717) is 16.8 Å². The van der Waals surface area contributed by atoms with Gasteiger partial charge in [-0.25, -0.2) is 4.21 Å². The molecule has 2 heterocycles. The topological polar surface area (TPSA) is 85.4 Å². The van der Waals surface area contributed by atoms with Gasteiger partial charge in [0.15, 0.2) is 11.1 Å². The number of anilines is 1. The summed E-state index contributed by atoms with van der Waals surface area (Å²) in [6, 6.07) is 12.9. The molecule has 1 unspecified atom stereocenters. The molecule has 0 saturated carbocycles. The van der Waals surface area contributed by atoms with Gasteiger partial charge >= 0.3 is 0 Å². The number of H-pyrrole nitrogens is 1. The molecule has 2 aromatic carbocycles. The fourth-order valence-electron chi connectivity index (χ4n) is 3.75. The van der Waals surface area contributed by atoms with Crippen LogP contribution in [0.1, 0.15) is 23.2 Å². The van der Waals surface area contributed by atoms with Gasteiger partial charge in [-0.05, 0) is 69.4 Å². The minimum atomic E-state index is -2.10. The minimum Gasteiger partial charge on any atom is -0.355 e. The summed E-state index contributed by atoms with van der Waals surface area (Å²) in [4.78, 5) is 18.5. The fourth-order valence-corrected chi connectivity index (χ4v) is 4.15. The molecular weight excluding hydrogens is 386 g/mol. The van der Waals surface area contributed by atoms with Crippen molar-refractivity contribution in [3.05, 3.63) is 59.3 Å². The average molecular weight is 410 g/mol. The van der Waals surface area contributed by atoms with Crippen molar-refractivity contribution in [2.45, 2.75) is 17.7 Å². The Labute approximate surface area is 171 Å². The van der Waals surface area contributed by atoms with Gasteiger partial charge in [0, 0.05) is 27.8 Å². The van der Waals surface area contributed by atoms with E-state index in [4.69, 9.17) is 0 Å². The molecule has 1 aliphatic rings. The number of benzene rings is 2. The van der Waals surface area contributed by atoms with Crippen LogP contribution in [-0.4, -0.2) is 45.2 Å². The molecule has 0 bridgehead atoms. The molecule has 0 radical (unpaired) electrons. The Morgan fingerprint density at radius 2 is 1.97 bits per heavy atom. The largest absolute Gasteiger partial charge is 0.355 e. The highest BCUT2D eigenvalue weighted by Crippen LogP contribution is 2.36. The van der Waals surface area contributed by atoms with E-state index >= 15 is 0 Å². The first-order chi connectivity index (χ1) is 13.9. The van der Waals surface area contributed by atoms with E-state index < -0.39 is 11.1 Å². The predicted molar refractivity (Wildman–Crippen MR) is 117 cm³/mol. The highest BCUT2D eigenvalue weighted by Gasteiger charge is 2.26. The van der Waals surface area contributed by atoms with Crippen LogP contribution in [0.15, 0.2) is 47.4 Å². The van der Waals surface area contributed by atoms with E-state index in [2.05, 4.69) is 35.4 Å². The molecule has 6 nitrogen and oxygen atoms in total. The summed E-state index contributed by atoms with van der Waals surface area (Å²) in [6.45, 7) is 0.977. The lowest BCUT2D eigenvalue weighted by Gasteiger charge is -2.09. The highest BCUT2D eigenvalue weighted by molar-refractivity contribution is 7.79. The van der Waals surface area contributed by atoms with Gasteiger partial charge in [-0.3, -0.25) is 4.79 Å². The molecule has 3 N–H and O–H groups in total. The number of aromatic amines is 1. The van der Waals surface area contributed by atoms with E-state index in [1.165, 1.54) is 5.56 Å². The second-order valence-electron chi connectivity index (χ2n) is 7.44. The number of amides is 1. The monoisotopic (exact) mass is 409 g/mol. The number of nitrogens with zero attached hydrogens (tertiary/aromatic N) is 1. The van der Waals surface area contributed by atoms with Crippen LogP contribution in [0.3, 0.4) is 0 Å². The number of hydrogen-bond donors (Lipinski definition) is 3. The minimum absolute atomic E-state index is 0.209. The first-order valence-corrected chi connectivity index (χ1v) is 10.6. The van der Waals surface area contributed by atoms with Crippen molar-refractivity contribution < 1.29 is 13.6 Å². The molecule has 1 aliphatic heterocycles. The second kappa shape index (κ2) is 7.94. The maximum Gasteiger partial charge on any atom is 0.256 e. The fraction of sp³-hybridized carbons (Fsp3) is 0.227. The Balaban J connectivity index is 1.79. The van der Waals surface area contributed by atoms with Crippen molar-refractivity contribution in [1.82, 2.24) is 9.88 Å². The van der Waals surface area contributed by atoms with Crippen molar-refractivity contribution in [1.29, 1.82) is 0 Å². The first kappa shape index (κ1) is 19.6. The molecule has 1 aromatic heterocycles. The summed E-state index contributed by atoms with van der Waals surface area (Å²) in [7, 11) is 4.11. The van der Waals surface area contributed by atoms with Gasteiger partial charge in [-0.15, -0.1) is 0 Å². The number of carbonyl (C=O) groups excluding carboxylic acids is 1. The normalized spacial score (nSPS) is 15.9. The number of rotatable bonds is 6. The number of hydrogen-bond acceptors (Lipinski definition) is 3. The second-order valence-corrected chi connectivity index (χ2v) is 8.41. The van der Waals surface area contributed by atoms with Crippen LogP contribution < -0.4 is 5.32 Å². The third-order valence-corrected chi connectivity index (χ3v) is 5.80. The molecule has 4 rings (SSSR count). The Kier molecular flexibility index (Phi) is 5.36. The zero-order valence-corrected chi connectivity index (χ0v) is 17.2. The third-order valence-electron chi connectivity index (χ3n) is 5.14. The smallest absolute Gasteiger partial charge is 0.256 e. The lowest BCUT2D eigenvalue weighted by molar-refractivity contribution is -0.110. The van der Waals surface area contributed by atoms with Crippen LogP contribution >= 0.6 is 0 Å². The third kappa shape index (κ3) is 3.89. The number of carbonyl (C=O) groups is 1. The van der Waals surface area contributed by atoms with Gasteiger partial charge in [0.1, 0.15) is 0 Å². The van der Waals surface area contributed by atoms with E-state index in [1.807, 2.05) is 24.3 Å².